The van der Waals surface area contributed by atoms with Gasteiger partial charge in [0, 0.05) is 23.0 Å². The van der Waals surface area contributed by atoms with Gasteiger partial charge in [-0.3, -0.25) is 4.79 Å². The zero-order valence-corrected chi connectivity index (χ0v) is 11.6. The Morgan fingerprint density at radius 3 is 2.61 bits per heavy atom. The molecule has 1 aliphatic carbocycles. The zero-order valence-electron chi connectivity index (χ0n) is 10.7. The zero-order chi connectivity index (χ0) is 12.8. The Bertz CT molecular complexity index is 387. The quantitative estimate of drug-likeness (QED) is 0.586. The second-order valence-electron chi connectivity index (χ2n) is 4.57. The lowest BCUT2D eigenvalue weighted by molar-refractivity contribution is 0.0953. The number of rotatable bonds is 7. The maximum atomic E-state index is 11.8. The molecular formula is C14H20N2OS. The average Bonchev–Trinajstić information content (AvgIpc) is 3.22. The minimum atomic E-state index is 0.0223. The summed E-state index contributed by atoms with van der Waals surface area (Å²) in [4.78, 5) is 13.0. The lowest BCUT2D eigenvalue weighted by Gasteiger charge is -2.06. The van der Waals surface area contributed by atoms with Gasteiger partial charge in [-0.05, 0) is 56.3 Å². The Morgan fingerprint density at radius 2 is 2.00 bits per heavy atom. The van der Waals surface area contributed by atoms with Gasteiger partial charge in [-0.1, -0.05) is 0 Å². The molecule has 18 heavy (non-hydrogen) atoms. The van der Waals surface area contributed by atoms with E-state index in [0.29, 0.717) is 0 Å². The van der Waals surface area contributed by atoms with Crippen LogP contribution in [0.25, 0.3) is 0 Å². The molecule has 0 saturated heterocycles. The molecule has 0 radical (unpaired) electrons. The van der Waals surface area contributed by atoms with Crippen LogP contribution in [0.15, 0.2) is 29.2 Å². The van der Waals surface area contributed by atoms with Gasteiger partial charge < -0.3 is 10.6 Å². The van der Waals surface area contributed by atoms with Gasteiger partial charge in [-0.25, -0.2) is 0 Å². The summed E-state index contributed by atoms with van der Waals surface area (Å²) in [5, 5.41) is 6.38. The van der Waals surface area contributed by atoms with Crippen LogP contribution in [-0.4, -0.2) is 31.3 Å². The largest absolute Gasteiger partial charge is 0.352 e. The predicted molar refractivity (Wildman–Crippen MR) is 76.2 cm³/mol. The van der Waals surface area contributed by atoms with E-state index in [1.54, 1.807) is 11.8 Å². The molecule has 0 heterocycles. The molecule has 98 valence electrons. The van der Waals surface area contributed by atoms with Crippen molar-refractivity contribution in [2.75, 3.05) is 19.3 Å². The van der Waals surface area contributed by atoms with Crippen molar-refractivity contribution in [3.05, 3.63) is 29.8 Å². The van der Waals surface area contributed by atoms with Crippen molar-refractivity contribution in [3.63, 3.8) is 0 Å². The van der Waals surface area contributed by atoms with Gasteiger partial charge in [0.2, 0.25) is 0 Å². The molecule has 1 saturated carbocycles. The lowest BCUT2D eigenvalue weighted by Crippen LogP contribution is -2.27. The highest BCUT2D eigenvalue weighted by Gasteiger charge is 2.19. The second-order valence-corrected chi connectivity index (χ2v) is 5.45. The van der Waals surface area contributed by atoms with Gasteiger partial charge in [0.15, 0.2) is 0 Å². The molecule has 4 heteroatoms. The third-order valence-corrected chi connectivity index (χ3v) is 3.75. The number of hydrogen-bond acceptors (Lipinski definition) is 3. The van der Waals surface area contributed by atoms with Crippen LogP contribution in [0.2, 0.25) is 0 Å². The highest BCUT2D eigenvalue weighted by Crippen LogP contribution is 2.18. The molecular weight excluding hydrogens is 244 g/mol. The van der Waals surface area contributed by atoms with Crippen LogP contribution in [0.5, 0.6) is 0 Å². The van der Waals surface area contributed by atoms with Gasteiger partial charge in [0.05, 0.1) is 0 Å². The van der Waals surface area contributed by atoms with Gasteiger partial charge in [0.1, 0.15) is 0 Å². The van der Waals surface area contributed by atoms with Crippen molar-refractivity contribution in [3.8, 4) is 0 Å². The van der Waals surface area contributed by atoms with E-state index < -0.39 is 0 Å². The van der Waals surface area contributed by atoms with E-state index in [1.165, 1.54) is 17.7 Å². The first kappa shape index (κ1) is 13.4. The maximum absolute atomic E-state index is 11.8. The van der Waals surface area contributed by atoms with Crippen LogP contribution >= 0.6 is 11.8 Å². The minimum absolute atomic E-state index is 0.0223. The Morgan fingerprint density at radius 1 is 1.28 bits per heavy atom. The number of carbonyl (C=O) groups excluding carboxylic acids is 1. The summed E-state index contributed by atoms with van der Waals surface area (Å²) in [6, 6.07) is 8.47. The number of benzene rings is 1. The fourth-order valence-electron chi connectivity index (χ4n) is 1.73. The predicted octanol–water partition coefficient (Wildman–Crippen LogP) is 2.28. The highest BCUT2D eigenvalue weighted by molar-refractivity contribution is 7.98. The first-order chi connectivity index (χ1) is 8.79. The summed E-state index contributed by atoms with van der Waals surface area (Å²) in [5.41, 5.74) is 0.739. The molecule has 1 aromatic rings. The molecule has 0 unspecified atom stereocenters. The van der Waals surface area contributed by atoms with Gasteiger partial charge in [-0.15, -0.1) is 11.8 Å². The Kier molecular flexibility index (Phi) is 5.08. The SMILES string of the molecule is CSc1ccc(C(=O)NCCCNC2CC2)cc1. The third-order valence-electron chi connectivity index (χ3n) is 3.00. The fourth-order valence-corrected chi connectivity index (χ4v) is 2.14. The summed E-state index contributed by atoms with van der Waals surface area (Å²) in [5.74, 6) is 0.0223. The smallest absolute Gasteiger partial charge is 0.251 e. The molecule has 0 spiro atoms. The average molecular weight is 264 g/mol. The number of amides is 1. The molecule has 1 aromatic carbocycles. The molecule has 1 aliphatic rings. The van der Waals surface area contributed by atoms with Crippen LogP contribution < -0.4 is 10.6 Å². The Hall–Kier alpha value is -1.00. The van der Waals surface area contributed by atoms with Gasteiger partial charge in [0.25, 0.3) is 5.91 Å². The first-order valence-electron chi connectivity index (χ1n) is 6.45. The van der Waals surface area contributed by atoms with Crippen molar-refractivity contribution in [1.29, 1.82) is 0 Å². The monoisotopic (exact) mass is 264 g/mol. The molecule has 1 fully saturated rings. The summed E-state index contributed by atoms with van der Waals surface area (Å²) >= 11 is 1.68. The molecule has 0 atom stereocenters. The number of carbonyl (C=O) groups is 1. The van der Waals surface area contributed by atoms with E-state index in [9.17, 15) is 4.79 Å². The lowest BCUT2D eigenvalue weighted by atomic mass is 10.2. The van der Waals surface area contributed by atoms with E-state index in [0.717, 1.165) is 31.1 Å². The third kappa shape index (κ3) is 4.35. The summed E-state index contributed by atoms with van der Waals surface area (Å²) in [7, 11) is 0. The molecule has 2 rings (SSSR count). The molecule has 0 aliphatic heterocycles. The minimum Gasteiger partial charge on any atom is -0.352 e. The van der Waals surface area contributed by atoms with E-state index >= 15 is 0 Å². The van der Waals surface area contributed by atoms with Crippen molar-refractivity contribution < 1.29 is 4.79 Å². The maximum Gasteiger partial charge on any atom is 0.251 e. The van der Waals surface area contributed by atoms with Crippen molar-refractivity contribution in [1.82, 2.24) is 10.6 Å². The van der Waals surface area contributed by atoms with E-state index in [1.807, 2.05) is 30.5 Å². The number of thioether (sulfide) groups is 1. The Labute approximate surface area is 113 Å². The van der Waals surface area contributed by atoms with Crippen LogP contribution in [-0.2, 0) is 0 Å². The Balaban J connectivity index is 1.65. The number of nitrogens with one attached hydrogen (secondary N) is 2. The van der Waals surface area contributed by atoms with Crippen molar-refractivity contribution in [2.24, 2.45) is 0 Å². The van der Waals surface area contributed by atoms with E-state index in [2.05, 4.69) is 10.6 Å². The van der Waals surface area contributed by atoms with Gasteiger partial charge >= 0.3 is 0 Å². The highest BCUT2D eigenvalue weighted by atomic mass is 32.2. The molecule has 3 nitrogen and oxygen atoms in total. The first-order valence-corrected chi connectivity index (χ1v) is 7.67. The van der Waals surface area contributed by atoms with Crippen molar-refractivity contribution >= 4 is 17.7 Å². The molecule has 2 N–H and O–H groups in total. The van der Waals surface area contributed by atoms with Crippen LogP contribution in [0, 0.1) is 0 Å². The van der Waals surface area contributed by atoms with Crippen molar-refractivity contribution in [2.45, 2.75) is 30.2 Å². The molecule has 0 bridgehead atoms. The summed E-state index contributed by atoms with van der Waals surface area (Å²) < 4.78 is 0. The van der Waals surface area contributed by atoms with E-state index in [4.69, 9.17) is 0 Å². The molecule has 1 amide bonds. The van der Waals surface area contributed by atoms with E-state index in [-0.39, 0.29) is 5.91 Å². The van der Waals surface area contributed by atoms with Crippen LogP contribution in [0.4, 0.5) is 0 Å². The van der Waals surface area contributed by atoms with Crippen LogP contribution in [0.1, 0.15) is 29.6 Å². The molecule has 0 aromatic heterocycles. The van der Waals surface area contributed by atoms with Gasteiger partial charge in [-0.2, -0.15) is 0 Å². The van der Waals surface area contributed by atoms with Crippen LogP contribution in [0.3, 0.4) is 0 Å². The number of hydrogen-bond donors (Lipinski definition) is 2. The second kappa shape index (κ2) is 6.81. The fraction of sp³-hybridized carbons (Fsp3) is 0.500. The topological polar surface area (TPSA) is 41.1 Å². The normalized spacial score (nSPS) is 14.5. The summed E-state index contributed by atoms with van der Waals surface area (Å²) in [6.07, 6.45) is 5.65. The summed E-state index contributed by atoms with van der Waals surface area (Å²) in [6.45, 7) is 1.74. The standard InChI is InChI=1S/C14H20N2OS/c1-18-13-7-3-11(4-8-13)14(17)16-10-2-9-15-12-5-6-12/h3-4,7-8,12,15H,2,5-6,9-10H2,1H3,(H,16,17).